The number of rotatable bonds is 4. The first-order valence-corrected chi connectivity index (χ1v) is 8.11. The van der Waals surface area contributed by atoms with Gasteiger partial charge in [0.25, 0.3) is 11.7 Å². The van der Waals surface area contributed by atoms with Gasteiger partial charge in [-0.05, 0) is 49.4 Å². The third kappa shape index (κ3) is 3.23. The summed E-state index contributed by atoms with van der Waals surface area (Å²) in [6.07, 6.45) is 1.64. The molecule has 0 unspecified atom stereocenters. The molecule has 4 aromatic rings. The van der Waals surface area contributed by atoms with Crippen LogP contribution in [0.3, 0.4) is 0 Å². The first kappa shape index (κ1) is 15.8. The van der Waals surface area contributed by atoms with Crippen molar-refractivity contribution in [2.75, 3.05) is 10.6 Å². The molecule has 0 radical (unpaired) electrons. The SMILES string of the molecule is Cc1ccnc2nc(C(=O)Nc3ccc(Nc4ccccc4)cc3)nn12. The fraction of sp³-hybridized carbons (Fsp3) is 0.0526. The number of hydrogen-bond acceptors (Lipinski definition) is 5. The van der Waals surface area contributed by atoms with E-state index in [4.69, 9.17) is 0 Å². The molecule has 2 aromatic carbocycles. The fourth-order valence-electron chi connectivity index (χ4n) is 2.51. The van der Waals surface area contributed by atoms with Crippen molar-refractivity contribution in [1.82, 2.24) is 19.6 Å². The summed E-state index contributed by atoms with van der Waals surface area (Å²) in [7, 11) is 0. The summed E-state index contributed by atoms with van der Waals surface area (Å²) in [5.41, 5.74) is 3.45. The largest absolute Gasteiger partial charge is 0.356 e. The van der Waals surface area contributed by atoms with Gasteiger partial charge in [0, 0.05) is 29.0 Å². The van der Waals surface area contributed by atoms with Gasteiger partial charge in [-0.2, -0.15) is 4.98 Å². The first-order chi connectivity index (χ1) is 12.7. The summed E-state index contributed by atoms with van der Waals surface area (Å²) >= 11 is 0. The van der Waals surface area contributed by atoms with Crippen LogP contribution in [0.4, 0.5) is 17.1 Å². The lowest BCUT2D eigenvalue weighted by Crippen LogP contribution is -2.14. The second-order valence-corrected chi connectivity index (χ2v) is 5.76. The van der Waals surface area contributed by atoms with Crippen molar-refractivity contribution < 1.29 is 4.79 Å². The van der Waals surface area contributed by atoms with Gasteiger partial charge in [0.05, 0.1) is 0 Å². The van der Waals surface area contributed by atoms with Crippen LogP contribution in [0, 0.1) is 6.92 Å². The number of carbonyl (C=O) groups excluding carboxylic acids is 1. The fourth-order valence-corrected chi connectivity index (χ4v) is 2.51. The Hall–Kier alpha value is -3.74. The molecule has 2 N–H and O–H groups in total. The Kier molecular flexibility index (Phi) is 4.03. The van der Waals surface area contributed by atoms with E-state index in [-0.39, 0.29) is 11.7 Å². The lowest BCUT2D eigenvalue weighted by Gasteiger charge is -2.07. The zero-order chi connectivity index (χ0) is 17.9. The molecule has 7 nitrogen and oxygen atoms in total. The highest BCUT2D eigenvalue weighted by atomic mass is 16.2. The van der Waals surface area contributed by atoms with E-state index in [0.29, 0.717) is 11.5 Å². The van der Waals surface area contributed by atoms with Crippen LogP contribution < -0.4 is 10.6 Å². The molecule has 0 saturated carbocycles. The van der Waals surface area contributed by atoms with E-state index < -0.39 is 0 Å². The minimum atomic E-state index is -0.376. The number of hydrogen-bond donors (Lipinski definition) is 2. The lowest BCUT2D eigenvalue weighted by atomic mass is 10.2. The topological polar surface area (TPSA) is 84.2 Å². The van der Waals surface area contributed by atoms with Crippen molar-refractivity contribution >= 4 is 28.7 Å². The summed E-state index contributed by atoms with van der Waals surface area (Å²) in [5, 5.41) is 10.3. The van der Waals surface area contributed by atoms with Crippen LogP contribution in [0.2, 0.25) is 0 Å². The smallest absolute Gasteiger partial charge is 0.295 e. The Labute approximate surface area is 149 Å². The first-order valence-electron chi connectivity index (χ1n) is 8.11. The molecule has 1 amide bonds. The van der Waals surface area contributed by atoms with Gasteiger partial charge in [-0.25, -0.2) is 9.50 Å². The van der Waals surface area contributed by atoms with Crippen molar-refractivity contribution in [3.8, 4) is 0 Å². The zero-order valence-electron chi connectivity index (χ0n) is 14.0. The Morgan fingerprint density at radius 1 is 0.923 bits per heavy atom. The highest BCUT2D eigenvalue weighted by Crippen LogP contribution is 2.19. The molecule has 2 heterocycles. The number of aromatic nitrogens is 4. The molecule has 26 heavy (non-hydrogen) atoms. The molecule has 0 fully saturated rings. The van der Waals surface area contributed by atoms with E-state index in [9.17, 15) is 4.79 Å². The van der Waals surface area contributed by atoms with Crippen molar-refractivity contribution in [2.24, 2.45) is 0 Å². The Morgan fingerprint density at radius 3 is 2.35 bits per heavy atom. The van der Waals surface area contributed by atoms with Crippen molar-refractivity contribution in [1.29, 1.82) is 0 Å². The number of fused-ring (bicyclic) bond motifs is 1. The minimum Gasteiger partial charge on any atom is -0.356 e. The average molecular weight is 344 g/mol. The van der Waals surface area contributed by atoms with Gasteiger partial charge in [-0.1, -0.05) is 18.2 Å². The number of amides is 1. The van der Waals surface area contributed by atoms with Gasteiger partial charge in [0.2, 0.25) is 5.82 Å². The molecule has 2 aromatic heterocycles. The lowest BCUT2D eigenvalue weighted by molar-refractivity contribution is 0.101. The van der Waals surface area contributed by atoms with Gasteiger partial charge in [-0.3, -0.25) is 4.79 Å². The quantitative estimate of drug-likeness (QED) is 0.592. The number of nitrogens with zero attached hydrogens (tertiary/aromatic N) is 4. The molecule has 0 atom stereocenters. The molecule has 0 aliphatic carbocycles. The molecule has 0 spiro atoms. The summed E-state index contributed by atoms with van der Waals surface area (Å²) < 4.78 is 1.54. The van der Waals surface area contributed by atoms with E-state index in [1.54, 1.807) is 10.7 Å². The number of anilines is 3. The van der Waals surface area contributed by atoms with Crippen molar-refractivity contribution in [3.63, 3.8) is 0 Å². The van der Waals surface area contributed by atoms with Crippen LogP contribution >= 0.6 is 0 Å². The van der Waals surface area contributed by atoms with Gasteiger partial charge in [0.1, 0.15) is 0 Å². The molecule has 0 aliphatic rings. The Balaban J connectivity index is 1.47. The van der Waals surface area contributed by atoms with E-state index >= 15 is 0 Å². The normalized spacial score (nSPS) is 10.7. The molecule has 0 saturated heterocycles. The second kappa shape index (κ2) is 6.64. The van der Waals surface area contributed by atoms with Crippen molar-refractivity contribution in [3.05, 3.63) is 78.4 Å². The molecule has 0 aliphatic heterocycles. The third-order valence-electron chi connectivity index (χ3n) is 3.84. The molecular formula is C19H16N6O. The maximum Gasteiger partial charge on any atom is 0.295 e. The van der Waals surface area contributed by atoms with Crippen LogP contribution in [0.25, 0.3) is 5.78 Å². The maximum atomic E-state index is 12.4. The van der Waals surface area contributed by atoms with Gasteiger partial charge in [0.15, 0.2) is 0 Å². The van der Waals surface area contributed by atoms with E-state index in [1.807, 2.05) is 67.6 Å². The predicted molar refractivity (Wildman–Crippen MR) is 99.6 cm³/mol. The molecule has 4 rings (SSSR count). The third-order valence-corrected chi connectivity index (χ3v) is 3.84. The number of para-hydroxylation sites is 1. The summed E-state index contributed by atoms with van der Waals surface area (Å²) in [4.78, 5) is 20.6. The summed E-state index contributed by atoms with van der Waals surface area (Å²) in [5.74, 6) is 0.106. The molecule has 0 bridgehead atoms. The van der Waals surface area contributed by atoms with E-state index in [0.717, 1.165) is 17.1 Å². The molecule has 128 valence electrons. The standard InChI is InChI=1S/C19H16N6O/c1-13-11-12-20-19-23-17(24-25(13)19)18(26)22-16-9-7-15(8-10-16)21-14-5-3-2-4-6-14/h2-12,21H,1H3,(H,22,26). The zero-order valence-corrected chi connectivity index (χ0v) is 14.0. The second-order valence-electron chi connectivity index (χ2n) is 5.76. The molecular weight excluding hydrogens is 328 g/mol. The molecule has 7 heteroatoms. The van der Waals surface area contributed by atoms with Gasteiger partial charge in [-0.15, -0.1) is 5.10 Å². The minimum absolute atomic E-state index is 0.0817. The van der Waals surface area contributed by atoms with Crippen LogP contribution in [-0.4, -0.2) is 25.5 Å². The van der Waals surface area contributed by atoms with Crippen LogP contribution in [0.1, 0.15) is 16.3 Å². The Morgan fingerprint density at radius 2 is 1.62 bits per heavy atom. The predicted octanol–water partition coefficient (Wildman–Crippen LogP) is 3.43. The van der Waals surface area contributed by atoms with E-state index in [1.165, 1.54) is 0 Å². The average Bonchev–Trinajstić information content (AvgIpc) is 3.10. The Bertz CT molecular complexity index is 1060. The summed E-state index contributed by atoms with van der Waals surface area (Å²) in [6, 6.07) is 19.1. The van der Waals surface area contributed by atoms with Gasteiger partial charge < -0.3 is 10.6 Å². The summed E-state index contributed by atoms with van der Waals surface area (Å²) in [6.45, 7) is 1.88. The number of nitrogens with one attached hydrogen (secondary N) is 2. The maximum absolute atomic E-state index is 12.4. The van der Waals surface area contributed by atoms with Gasteiger partial charge >= 0.3 is 0 Å². The highest BCUT2D eigenvalue weighted by molar-refractivity contribution is 6.01. The monoisotopic (exact) mass is 344 g/mol. The number of benzene rings is 2. The highest BCUT2D eigenvalue weighted by Gasteiger charge is 2.14. The van der Waals surface area contributed by atoms with Crippen LogP contribution in [-0.2, 0) is 0 Å². The van der Waals surface area contributed by atoms with Crippen molar-refractivity contribution in [2.45, 2.75) is 6.92 Å². The number of aryl methyl sites for hydroxylation is 1. The van der Waals surface area contributed by atoms with E-state index in [2.05, 4.69) is 25.7 Å². The van der Waals surface area contributed by atoms with Crippen LogP contribution in [0.5, 0.6) is 0 Å². The number of carbonyl (C=O) groups is 1. The van der Waals surface area contributed by atoms with Crippen LogP contribution in [0.15, 0.2) is 66.9 Å².